The maximum atomic E-state index is 12.4. The third-order valence-electron chi connectivity index (χ3n) is 3.86. The van der Waals surface area contributed by atoms with Gasteiger partial charge in [0.05, 0.1) is 9.79 Å². The third-order valence-corrected chi connectivity index (χ3v) is 7.09. The van der Waals surface area contributed by atoms with Gasteiger partial charge in [-0.3, -0.25) is 0 Å². The Morgan fingerprint density at radius 1 is 1.21 bits per heavy atom. The van der Waals surface area contributed by atoms with E-state index in [4.69, 9.17) is 0 Å². The molecule has 1 fully saturated rings. The molecule has 0 aromatic heterocycles. The highest BCUT2D eigenvalue weighted by atomic mass is 35.5. The van der Waals surface area contributed by atoms with Crippen molar-refractivity contribution >= 4 is 32.5 Å². The molecule has 2 rings (SSSR count). The van der Waals surface area contributed by atoms with Gasteiger partial charge in [-0.15, -0.1) is 12.4 Å². The van der Waals surface area contributed by atoms with Gasteiger partial charge in [-0.05, 0) is 50.0 Å². The molecule has 1 atom stereocenters. The summed E-state index contributed by atoms with van der Waals surface area (Å²) in [5.41, 5.74) is 0. The summed E-state index contributed by atoms with van der Waals surface area (Å²) in [5, 5.41) is 3.23. The van der Waals surface area contributed by atoms with Crippen molar-refractivity contribution in [2.45, 2.75) is 22.6 Å². The average Bonchev–Trinajstić information content (AvgIpc) is 2.54. The number of rotatable bonds is 6. The maximum absolute atomic E-state index is 12.4. The van der Waals surface area contributed by atoms with Crippen molar-refractivity contribution in [2.24, 2.45) is 5.92 Å². The first kappa shape index (κ1) is 21.3. The topological polar surface area (TPSA) is 95.6 Å². The molecule has 0 aliphatic carbocycles. The van der Waals surface area contributed by atoms with Gasteiger partial charge >= 0.3 is 0 Å². The maximum Gasteiger partial charge on any atom is 0.242 e. The van der Waals surface area contributed by atoms with Crippen LogP contribution in [0.4, 0.5) is 0 Å². The number of sulfonamides is 2. The van der Waals surface area contributed by atoms with Crippen LogP contribution >= 0.6 is 12.4 Å². The summed E-state index contributed by atoms with van der Waals surface area (Å²) < 4.78 is 52.6. The van der Waals surface area contributed by atoms with Gasteiger partial charge in [-0.2, -0.15) is 0 Å². The van der Waals surface area contributed by atoms with Crippen molar-refractivity contribution in [3.63, 3.8) is 0 Å². The Hall–Kier alpha value is -0.710. The molecule has 0 bridgehead atoms. The summed E-state index contributed by atoms with van der Waals surface area (Å²) in [6, 6.07) is 5.42. The molecule has 10 heteroatoms. The lowest BCUT2D eigenvalue weighted by Gasteiger charge is -2.22. The highest BCUT2D eigenvalue weighted by Crippen LogP contribution is 2.18. The predicted octanol–water partition coefficient (Wildman–Crippen LogP) is 0.637. The van der Waals surface area contributed by atoms with E-state index in [9.17, 15) is 16.8 Å². The fourth-order valence-electron chi connectivity index (χ4n) is 2.42. The van der Waals surface area contributed by atoms with E-state index in [0.717, 1.165) is 30.2 Å². The minimum Gasteiger partial charge on any atom is -0.316 e. The van der Waals surface area contributed by atoms with Gasteiger partial charge in [0.2, 0.25) is 20.0 Å². The van der Waals surface area contributed by atoms with Gasteiger partial charge in [0.15, 0.2) is 0 Å². The minimum atomic E-state index is -3.73. The fraction of sp³-hybridized carbons (Fsp3) is 0.571. The average molecular weight is 398 g/mol. The van der Waals surface area contributed by atoms with Crippen LogP contribution in [-0.2, 0) is 20.0 Å². The molecule has 7 nitrogen and oxygen atoms in total. The molecule has 1 aliphatic rings. The van der Waals surface area contributed by atoms with Crippen molar-refractivity contribution in [1.82, 2.24) is 14.3 Å². The van der Waals surface area contributed by atoms with E-state index >= 15 is 0 Å². The highest BCUT2D eigenvalue weighted by molar-refractivity contribution is 7.90. The Bertz CT molecular complexity index is 745. The van der Waals surface area contributed by atoms with Crippen LogP contribution in [0.15, 0.2) is 34.1 Å². The van der Waals surface area contributed by atoms with Crippen LogP contribution in [0.5, 0.6) is 0 Å². The van der Waals surface area contributed by atoms with Crippen LogP contribution in [0.2, 0.25) is 0 Å². The Morgan fingerprint density at radius 2 is 1.88 bits per heavy atom. The molecule has 0 saturated carbocycles. The summed E-state index contributed by atoms with van der Waals surface area (Å²) in [5.74, 6) is 0.257. The van der Waals surface area contributed by atoms with Crippen molar-refractivity contribution in [1.29, 1.82) is 0 Å². The quantitative estimate of drug-likeness (QED) is 0.734. The lowest BCUT2D eigenvalue weighted by Crippen LogP contribution is -2.38. The van der Waals surface area contributed by atoms with E-state index in [1.807, 2.05) is 0 Å². The van der Waals surface area contributed by atoms with E-state index in [1.165, 1.54) is 38.4 Å². The van der Waals surface area contributed by atoms with E-state index in [-0.39, 0.29) is 28.1 Å². The molecule has 1 aromatic carbocycles. The molecule has 1 saturated heterocycles. The van der Waals surface area contributed by atoms with Crippen LogP contribution in [-0.4, -0.2) is 54.9 Å². The lowest BCUT2D eigenvalue weighted by atomic mass is 10.0. The predicted molar refractivity (Wildman–Crippen MR) is 95.3 cm³/mol. The number of nitrogens with zero attached hydrogens (tertiary/aromatic N) is 1. The summed E-state index contributed by atoms with van der Waals surface area (Å²) in [6.45, 7) is 2.10. The molecule has 24 heavy (non-hydrogen) atoms. The molecule has 0 amide bonds. The van der Waals surface area contributed by atoms with E-state index in [0.29, 0.717) is 6.54 Å². The molecule has 138 valence electrons. The van der Waals surface area contributed by atoms with Crippen LogP contribution in [0.3, 0.4) is 0 Å². The molecular formula is C14H24ClN3O4S2. The molecule has 0 spiro atoms. The summed E-state index contributed by atoms with van der Waals surface area (Å²) in [6.07, 6.45) is 2.01. The summed E-state index contributed by atoms with van der Waals surface area (Å²) in [4.78, 5) is -0.0751. The molecule has 2 N–H and O–H groups in total. The summed E-state index contributed by atoms with van der Waals surface area (Å²) in [7, 11) is -4.58. The fourth-order valence-corrected chi connectivity index (χ4v) is 4.61. The zero-order valence-corrected chi connectivity index (χ0v) is 16.2. The first-order chi connectivity index (χ1) is 10.7. The summed E-state index contributed by atoms with van der Waals surface area (Å²) >= 11 is 0. The van der Waals surface area contributed by atoms with Crippen LogP contribution in [0, 0.1) is 5.92 Å². The van der Waals surface area contributed by atoms with E-state index in [1.54, 1.807) is 0 Å². The van der Waals surface area contributed by atoms with Crippen molar-refractivity contribution < 1.29 is 16.8 Å². The standard InChI is InChI=1S/C14H23N3O4S2.ClH/c1-17(2)23(20,21)14-7-3-6-13(9-14)22(18,19)16-11-12-5-4-8-15-10-12;/h3,6-7,9,12,15-16H,4-5,8,10-11H2,1-2H3;1H. The second kappa shape index (κ2) is 8.59. The molecule has 1 unspecified atom stereocenters. The number of halogens is 1. The lowest BCUT2D eigenvalue weighted by molar-refractivity contribution is 0.376. The molecule has 0 radical (unpaired) electrons. The van der Waals surface area contributed by atoms with Crippen LogP contribution in [0.25, 0.3) is 0 Å². The van der Waals surface area contributed by atoms with E-state index < -0.39 is 20.0 Å². The number of hydrogen-bond acceptors (Lipinski definition) is 5. The van der Waals surface area contributed by atoms with Gasteiger partial charge in [0.25, 0.3) is 0 Å². The van der Waals surface area contributed by atoms with Gasteiger partial charge in [0.1, 0.15) is 0 Å². The molecule has 1 aromatic rings. The number of piperidine rings is 1. The molecule has 1 heterocycles. The Labute approximate surface area is 150 Å². The molecular weight excluding hydrogens is 374 g/mol. The first-order valence-corrected chi connectivity index (χ1v) is 10.4. The smallest absolute Gasteiger partial charge is 0.242 e. The second-order valence-corrected chi connectivity index (χ2v) is 9.75. The van der Waals surface area contributed by atoms with E-state index in [2.05, 4.69) is 10.0 Å². The van der Waals surface area contributed by atoms with Crippen molar-refractivity contribution in [3.8, 4) is 0 Å². The highest BCUT2D eigenvalue weighted by Gasteiger charge is 2.22. The number of benzene rings is 1. The van der Waals surface area contributed by atoms with Crippen molar-refractivity contribution in [3.05, 3.63) is 24.3 Å². The van der Waals surface area contributed by atoms with Gasteiger partial charge in [-0.25, -0.2) is 25.9 Å². The van der Waals surface area contributed by atoms with Gasteiger partial charge < -0.3 is 5.32 Å². The zero-order valence-electron chi connectivity index (χ0n) is 13.7. The van der Waals surface area contributed by atoms with Crippen LogP contribution in [0.1, 0.15) is 12.8 Å². The normalized spacial score (nSPS) is 19.0. The third kappa shape index (κ3) is 5.14. The monoisotopic (exact) mass is 397 g/mol. The largest absolute Gasteiger partial charge is 0.316 e. The van der Waals surface area contributed by atoms with Gasteiger partial charge in [-0.1, -0.05) is 6.07 Å². The molecule has 1 aliphatic heterocycles. The second-order valence-electron chi connectivity index (χ2n) is 5.83. The number of hydrogen-bond donors (Lipinski definition) is 2. The first-order valence-electron chi connectivity index (χ1n) is 7.46. The Balaban J connectivity index is 0.00000288. The number of nitrogens with one attached hydrogen (secondary N) is 2. The van der Waals surface area contributed by atoms with Gasteiger partial charge in [0, 0.05) is 20.6 Å². The van der Waals surface area contributed by atoms with Crippen LogP contribution < -0.4 is 10.0 Å². The Morgan fingerprint density at radius 3 is 2.46 bits per heavy atom. The van der Waals surface area contributed by atoms with Crippen molar-refractivity contribution in [2.75, 3.05) is 33.7 Å². The SMILES string of the molecule is CN(C)S(=O)(=O)c1cccc(S(=O)(=O)NCC2CCCNC2)c1.Cl. The Kier molecular flexibility index (Phi) is 7.64. The zero-order chi connectivity index (χ0) is 17.1. The minimum absolute atomic E-state index is 0.